The van der Waals surface area contributed by atoms with Gasteiger partial charge in [0.15, 0.2) is 11.3 Å². The predicted molar refractivity (Wildman–Crippen MR) is 82.1 cm³/mol. The number of fused-ring (bicyclic) bond motifs is 3. The SMILES string of the molecule is C[C@@H]1C[C@H](CCC#N)C[C@@H]1c1nnc2cnc3[nH]ccc3n12. The summed E-state index contributed by atoms with van der Waals surface area (Å²) in [5.41, 5.74) is 2.69. The van der Waals surface area contributed by atoms with Crippen LogP contribution in [0.4, 0.5) is 0 Å². The fourth-order valence-corrected chi connectivity index (χ4v) is 3.88. The Morgan fingerprint density at radius 1 is 1.41 bits per heavy atom. The number of hydrogen-bond donors (Lipinski definition) is 1. The van der Waals surface area contributed by atoms with E-state index in [2.05, 4.69) is 37.6 Å². The predicted octanol–water partition coefficient (Wildman–Crippen LogP) is 3.04. The summed E-state index contributed by atoms with van der Waals surface area (Å²) in [4.78, 5) is 7.51. The summed E-state index contributed by atoms with van der Waals surface area (Å²) < 4.78 is 2.13. The average molecular weight is 294 g/mol. The second kappa shape index (κ2) is 5.09. The van der Waals surface area contributed by atoms with Crippen LogP contribution in [0.1, 0.15) is 44.3 Å². The Labute approximate surface area is 128 Å². The second-order valence-corrected chi connectivity index (χ2v) is 6.34. The lowest BCUT2D eigenvalue weighted by Crippen LogP contribution is -2.07. The molecule has 0 bridgehead atoms. The van der Waals surface area contributed by atoms with Gasteiger partial charge in [-0.3, -0.25) is 4.40 Å². The Kier molecular flexibility index (Phi) is 3.07. The highest BCUT2D eigenvalue weighted by atomic mass is 15.3. The van der Waals surface area contributed by atoms with Gasteiger partial charge in [-0.25, -0.2) is 4.98 Å². The highest BCUT2D eigenvalue weighted by Gasteiger charge is 2.35. The third-order valence-corrected chi connectivity index (χ3v) is 4.94. The first-order valence-corrected chi connectivity index (χ1v) is 7.82. The molecule has 0 aliphatic heterocycles. The molecule has 0 amide bonds. The highest BCUT2D eigenvalue weighted by Crippen LogP contribution is 2.44. The van der Waals surface area contributed by atoms with E-state index < -0.39 is 0 Å². The summed E-state index contributed by atoms with van der Waals surface area (Å²) in [5, 5.41) is 17.6. The Balaban J connectivity index is 1.75. The van der Waals surface area contributed by atoms with Crippen LogP contribution in [0.2, 0.25) is 0 Å². The van der Waals surface area contributed by atoms with Crippen molar-refractivity contribution in [2.45, 2.75) is 38.5 Å². The number of aromatic nitrogens is 5. The molecule has 4 rings (SSSR count). The maximum atomic E-state index is 8.79. The van der Waals surface area contributed by atoms with Gasteiger partial charge < -0.3 is 4.98 Å². The molecule has 1 aliphatic carbocycles. The summed E-state index contributed by atoms with van der Waals surface area (Å²) in [6.45, 7) is 2.29. The number of H-pyrrole nitrogens is 1. The van der Waals surface area contributed by atoms with Gasteiger partial charge in [0.05, 0.1) is 17.8 Å². The van der Waals surface area contributed by atoms with Gasteiger partial charge in [0.25, 0.3) is 0 Å². The molecular weight excluding hydrogens is 276 g/mol. The smallest absolute Gasteiger partial charge is 0.179 e. The van der Waals surface area contributed by atoms with Crippen molar-refractivity contribution in [1.82, 2.24) is 24.6 Å². The lowest BCUT2D eigenvalue weighted by Gasteiger charge is -2.13. The zero-order chi connectivity index (χ0) is 15.1. The molecule has 3 atom stereocenters. The van der Waals surface area contributed by atoms with Gasteiger partial charge >= 0.3 is 0 Å². The summed E-state index contributed by atoms with van der Waals surface area (Å²) in [6.07, 6.45) is 7.57. The van der Waals surface area contributed by atoms with E-state index in [-0.39, 0.29) is 0 Å². The fraction of sp³-hybridized carbons (Fsp3) is 0.500. The van der Waals surface area contributed by atoms with Gasteiger partial charge in [0, 0.05) is 18.5 Å². The zero-order valence-electron chi connectivity index (χ0n) is 12.5. The van der Waals surface area contributed by atoms with Crippen LogP contribution in [0.5, 0.6) is 0 Å². The van der Waals surface area contributed by atoms with E-state index in [0.717, 1.165) is 35.5 Å². The molecule has 0 spiro atoms. The molecule has 3 aromatic heterocycles. The van der Waals surface area contributed by atoms with Crippen molar-refractivity contribution in [3.05, 3.63) is 24.3 Å². The Morgan fingerprint density at radius 3 is 3.18 bits per heavy atom. The molecule has 0 aromatic carbocycles. The largest absolute Gasteiger partial charge is 0.345 e. The fourth-order valence-electron chi connectivity index (χ4n) is 3.88. The average Bonchev–Trinajstić information content (AvgIpc) is 3.21. The van der Waals surface area contributed by atoms with Crippen LogP contribution in [0, 0.1) is 23.2 Å². The van der Waals surface area contributed by atoms with Crippen molar-refractivity contribution in [1.29, 1.82) is 5.26 Å². The third-order valence-electron chi connectivity index (χ3n) is 4.94. The number of nitrogens with one attached hydrogen (secondary N) is 1. The summed E-state index contributed by atoms with van der Waals surface area (Å²) >= 11 is 0. The van der Waals surface area contributed by atoms with Crippen LogP contribution < -0.4 is 0 Å². The van der Waals surface area contributed by atoms with Crippen molar-refractivity contribution in [3.8, 4) is 6.07 Å². The standard InChI is InChI=1S/C16H18N6/c1-10-7-11(3-2-5-17)8-12(10)16-21-20-14-9-19-15-13(22(14)16)4-6-18-15/h4,6,9-12,18H,2-3,7-8H2,1H3/t10-,11+,12+/m1/s1. The van der Waals surface area contributed by atoms with Crippen LogP contribution in [0.25, 0.3) is 16.8 Å². The van der Waals surface area contributed by atoms with Crippen molar-refractivity contribution < 1.29 is 0 Å². The zero-order valence-corrected chi connectivity index (χ0v) is 12.5. The van der Waals surface area contributed by atoms with Gasteiger partial charge in [-0.1, -0.05) is 6.92 Å². The van der Waals surface area contributed by atoms with Crippen LogP contribution in [0.3, 0.4) is 0 Å². The summed E-state index contributed by atoms with van der Waals surface area (Å²) in [7, 11) is 0. The van der Waals surface area contributed by atoms with E-state index in [4.69, 9.17) is 5.26 Å². The van der Waals surface area contributed by atoms with Gasteiger partial charge in [-0.05, 0) is 37.2 Å². The summed E-state index contributed by atoms with van der Waals surface area (Å²) in [5.74, 6) is 2.63. The quantitative estimate of drug-likeness (QED) is 0.804. The van der Waals surface area contributed by atoms with Crippen LogP contribution in [-0.2, 0) is 0 Å². The second-order valence-electron chi connectivity index (χ2n) is 6.34. The van der Waals surface area contributed by atoms with E-state index in [9.17, 15) is 0 Å². The molecule has 22 heavy (non-hydrogen) atoms. The first kappa shape index (κ1) is 13.3. The lowest BCUT2D eigenvalue weighted by molar-refractivity contribution is 0.484. The van der Waals surface area contributed by atoms with E-state index in [0.29, 0.717) is 24.2 Å². The number of hydrogen-bond acceptors (Lipinski definition) is 4. The van der Waals surface area contributed by atoms with E-state index in [1.807, 2.05) is 12.3 Å². The minimum atomic E-state index is 0.402. The molecule has 0 radical (unpaired) electrons. The Bertz CT molecular complexity index is 854. The molecule has 3 aromatic rings. The molecule has 0 saturated heterocycles. The lowest BCUT2D eigenvalue weighted by atomic mass is 9.97. The van der Waals surface area contributed by atoms with Crippen molar-refractivity contribution >= 4 is 16.8 Å². The molecule has 112 valence electrons. The monoisotopic (exact) mass is 294 g/mol. The summed E-state index contributed by atoms with van der Waals surface area (Å²) in [6, 6.07) is 4.29. The minimum absolute atomic E-state index is 0.402. The number of nitriles is 1. The minimum Gasteiger partial charge on any atom is -0.345 e. The van der Waals surface area contributed by atoms with Crippen molar-refractivity contribution in [2.24, 2.45) is 11.8 Å². The molecule has 6 nitrogen and oxygen atoms in total. The van der Waals surface area contributed by atoms with E-state index >= 15 is 0 Å². The third kappa shape index (κ3) is 1.97. The van der Waals surface area contributed by atoms with Gasteiger partial charge in [0.2, 0.25) is 0 Å². The number of aromatic amines is 1. The molecular formula is C16H18N6. The van der Waals surface area contributed by atoms with Crippen LogP contribution in [-0.4, -0.2) is 24.6 Å². The molecule has 1 fully saturated rings. The Hall–Kier alpha value is -2.42. The maximum Gasteiger partial charge on any atom is 0.179 e. The Morgan fingerprint density at radius 2 is 2.32 bits per heavy atom. The van der Waals surface area contributed by atoms with Gasteiger partial charge in [-0.15, -0.1) is 10.2 Å². The molecule has 3 heterocycles. The first-order chi connectivity index (χ1) is 10.8. The highest BCUT2D eigenvalue weighted by molar-refractivity contribution is 5.74. The van der Waals surface area contributed by atoms with Gasteiger partial charge in [-0.2, -0.15) is 5.26 Å². The van der Waals surface area contributed by atoms with Crippen LogP contribution in [0.15, 0.2) is 18.5 Å². The van der Waals surface area contributed by atoms with Crippen LogP contribution >= 0.6 is 0 Å². The molecule has 1 saturated carbocycles. The molecule has 1 N–H and O–H groups in total. The van der Waals surface area contributed by atoms with Gasteiger partial charge in [0.1, 0.15) is 5.82 Å². The topological polar surface area (TPSA) is 82.7 Å². The molecule has 1 aliphatic rings. The number of rotatable bonds is 3. The van der Waals surface area contributed by atoms with Crippen molar-refractivity contribution in [2.75, 3.05) is 0 Å². The molecule has 0 unspecified atom stereocenters. The first-order valence-electron chi connectivity index (χ1n) is 7.82. The number of nitrogens with zero attached hydrogens (tertiary/aromatic N) is 5. The normalized spacial score (nSPS) is 25.0. The van der Waals surface area contributed by atoms with Crippen molar-refractivity contribution in [3.63, 3.8) is 0 Å². The molecule has 6 heteroatoms. The van der Waals surface area contributed by atoms with E-state index in [1.54, 1.807) is 6.20 Å². The van der Waals surface area contributed by atoms with E-state index in [1.165, 1.54) is 6.42 Å². The maximum absolute atomic E-state index is 8.79.